The topological polar surface area (TPSA) is 616 Å². The highest BCUT2D eigenvalue weighted by Crippen LogP contribution is 2.33. The van der Waals surface area contributed by atoms with Crippen LogP contribution in [0.4, 0.5) is 23.3 Å². The molecule has 129 heavy (non-hydrogen) atoms. The summed E-state index contributed by atoms with van der Waals surface area (Å²) in [6.07, 6.45) is 10.8. The Morgan fingerprint density at radius 1 is 0.419 bits per heavy atom. The minimum absolute atomic E-state index is 0.141. The molecule has 1 aliphatic heterocycles. The van der Waals surface area contributed by atoms with Crippen LogP contribution in [0.2, 0.25) is 0 Å². The number of carbonyl (C=O) groups is 6. The number of carboxylic acids is 6. The molecule has 40 nitrogen and oxygen atoms in total. The van der Waals surface area contributed by atoms with Gasteiger partial charge in [-0.15, -0.1) is 10.2 Å². The van der Waals surface area contributed by atoms with Crippen LogP contribution in [0.15, 0.2) is 181 Å². The minimum Gasteiger partial charge on any atom is -0.507 e. The molecule has 0 aliphatic carbocycles. The predicted octanol–water partition coefficient (Wildman–Crippen LogP) is 9.13. The second-order valence-corrected chi connectivity index (χ2v) is 29.0. The number of aromatic nitrogens is 14. The van der Waals surface area contributed by atoms with Crippen LogP contribution in [0.25, 0.3) is 78.9 Å². The number of methoxy groups -OCH3 is 1. The van der Waals surface area contributed by atoms with Gasteiger partial charge in [-0.3, -0.25) is 28.8 Å². The molecule has 1 aliphatic rings. The van der Waals surface area contributed by atoms with E-state index in [-0.39, 0.29) is 28.8 Å². The van der Waals surface area contributed by atoms with Crippen LogP contribution in [-0.4, -0.2) is 210 Å². The highest BCUT2D eigenvalue weighted by Gasteiger charge is 2.25. The lowest BCUT2D eigenvalue weighted by atomic mass is 10.0. The number of ether oxygens (including phenoxy) is 1. The van der Waals surface area contributed by atoms with Gasteiger partial charge in [0.2, 0.25) is 17.7 Å². The normalized spacial score (nSPS) is 11.1. The number of aryl methyl sites for hydroxylation is 3. The van der Waals surface area contributed by atoms with Gasteiger partial charge in [0.15, 0.2) is 11.1 Å². The van der Waals surface area contributed by atoms with Gasteiger partial charge in [-0.1, -0.05) is 76.2 Å². The highest BCUT2D eigenvalue weighted by atomic mass is 16.5. The zero-order chi connectivity index (χ0) is 94.4. The summed E-state index contributed by atoms with van der Waals surface area (Å²) in [6, 6.07) is 36.5. The summed E-state index contributed by atoms with van der Waals surface area (Å²) in [5.74, 6) is -6.69. The molecule has 0 bridgehead atoms. The van der Waals surface area contributed by atoms with Crippen molar-refractivity contribution in [2.75, 3.05) is 82.1 Å². The van der Waals surface area contributed by atoms with Gasteiger partial charge < -0.3 is 101 Å². The summed E-state index contributed by atoms with van der Waals surface area (Å²) in [5, 5.41) is 87.4. The highest BCUT2D eigenvalue weighted by molar-refractivity contribution is 5.93. The summed E-state index contributed by atoms with van der Waals surface area (Å²) >= 11 is 0. The van der Waals surface area contributed by atoms with E-state index >= 15 is 0 Å². The van der Waals surface area contributed by atoms with Gasteiger partial charge in [0, 0.05) is 126 Å². The number of nitrogens with two attached hydrogens (primary N) is 1. The fourth-order valence-corrected chi connectivity index (χ4v) is 13.2. The standard InChI is InChI=1S/C16H16N2O4.C15H13N5O3.C15H17N3O3.C15H15NO4.C14H16N4O4.C14H16N4O3/c19-13-9-12(17-15(20)14(13)16(21)22)10-3-5-11(6-4-10)18-7-1-2-8-18;1-2-8-7-11(15(22)23)14(21)16-12(8)9-3-5-10(6-4-9)13-17-19-20-18-13;1-18(2)11-5-3-9(4-6-11)13-10(8-16)7-12(15(20)21)14(19)17-13;1-3-9-8-12(15(18)19)14(17)16-13(9)10-4-6-11(20-2)7-5-10;1-4-8-10(7-5-15-14(16-6-7)18(2)3)17-12(20)9(11(8)19)13(21)22;1-4-8-5-10(13(20)21)12(19)17-11(8)9-6-15-14(16-7-9)18(2)3/h3-6,9H,1-2,7-8H2,(H,21,22)(H2,17,19,20);3-7H,2H2,1H3,(H,16,21)(H,22,23)(H,17,18,19,20);3-7H,8,16H2,1-2H3,(H,17,19)(H,20,21);4-8H,3H2,1-2H3,(H,16,17)(H,18,19);5-6H,4H2,1-3H3,(H,21,22)(H2,17,19,20);5-7H,4H2,1-3H3,(H,17,19)(H,20,21). The van der Waals surface area contributed by atoms with Crippen LogP contribution >= 0.6 is 0 Å². The van der Waals surface area contributed by atoms with E-state index in [0.717, 1.165) is 69.2 Å². The van der Waals surface area contributed by atoms with Crippen LogP contribution in [0, 0.1) is 0 Å². The fourth-order valence-electron chi connectivity index (χ4n) is 13.2. The third kappa shape index (κ3) is 23.6. The molecule has 1 saturated heterocycles. The monoisotopic (exact) mass is 1760 g/mol. The number of hydrogen-bond donors (Lipinski definition) is 16. The number of benzene rings is 4. The van der Waals surface area contributed by atoms with E-state index in [9.17, 15) is 67.7 Å². The van der Waals surface area contributed by atoms with Crippen molar-refractivity contribution in [3.8, 4) is 96.2 Å². The van der Waals surface area contributed by atoms with Gasteiger partial charge in [-0.2, -0.15) is 5.21 Å². The lowest BCUT2D eigenvalue weighted by Crippen LogP contribution is -2.20. The molecule has 0 unspecified atom stereocenters. The van der Waals surface area contributed by atoms with Crippen molar-refractivity contribution in [2.45, 2.75) is 72.8 Å². The number of tetrazole rings is 1. The Kier molecular flexibility index (Phi) is 32.4. The van der Waals surface area contributed by atoms with Crippen LogP contribution < -0.4 is 63.4 Å². The molecule has 10 heterocycles. The van der Waals surface area contributed by atoms with Crippen molar-refractivity contribution in [3.05, 3.63) is 276 Å². The molecule has 9 aromatic heterocycles. The average molecular weight is 1760 g/mol. The minimum atomic E-state index is -1.47. The quantitative estimate of drug-likeness (QED) is 0.0284. The Balaban J connectivity index is 0.000000175. The van der Waals surface area contributed by atoms with Gasteiger partial charge in [0.05, 0.1) is 41.3 Å². The number of H-pyrrole nitrogens is 7. The van der Waals surface area contributed by atoms with Crippen molar-refractivity contribution in [3.63, 3.8) is 0 Å². The van der Waals surface area contributed by atoms with Crippen molar-refractivity contribution >= 4 is 59.1 Å². The molecule has 0 amide bonds. The Morgan fingerprint density at radius 3 is 1.14 bits per heavy atom. The SMILES string of the molecule is CCc1c(-c2cnc(N(C)C)nc2)[nH]c(=O)c(C(=O)O)c1O.CCc1cc(C(=O)O)c(=O)[nH]c1-c1ccc(-c2nn[nH]n2)cc1.CCc1cc(C(=O)O)c(=O)[nH]c1-c1ccc(OC)cc1.CCc1cc(C(=O)O)c(=O)[nH]c1-c1cnc(N(C)C)nc1.CN(C)c1ccc(-c2[nH]c(=O)c(C(=O)O)cc2CN)cc1.O=C(O)c1c(O)cc(-c2ccc(N3CCCC3)cc2)[nH]c1=O. The van der Waals surface area contributed by atoms with Gasteiger partial charge in [0.25, 0.3) is 33.4 Å². The van der Waals surface area contributed by atoms with Gasteiger partial charge in [-0.05, 0) is 161 Å². The van der Waals surface area contributed by atoms with Gasteiger partial charge in [-0.25, -0.2) is 48.7 Å². The van der Waals surface area contributed by atoms with Crippen LogP contribution in [0.5, 0.6) is 17.2 Å². The second kappa shape index (κ2) is 43.5. The number of anilines is 4. The molecular weight excluding hydrogens is 1670 g/mol. The van der Waals surface area contributed by atoms with Crippen LogP contribution in [-0.2, 0) is 32.2 Å². The smallest absolute Gasteiger partial charge is 0.345 e. The maximum Gasteiger partial charge on any atom is 0.345 e. The first kappa shape index (κ1) is 96.0. The maximum atomic E-state index is 11.9. The van der Waals surface area contributed by atoms with Gasteiger partial charge >= 0.3 is 35.8 Å². The van der Waals surface area contributed by atoms with E-state index in [0.29, 0.717) is 105 Å². The first-order valence-corrected chi connectivity index (χ1v) is 39.7. The molecule has 17 N–H and O–H groups in total. The molecule has 13 aromatic rings. The predicted molar refractivity (Wildman–Crippen MR) is 481 cm³/mol. The Hall–Kier alpha value is -16.8. The first-order valence-electron chi connectivity index (χ1n) is 39.7. The molecule has 0 atom stereocenters. The zero-order valence-corrected chi connectivity index (χ0v) is 71.7. The van der Waals surface area contributed by atoms with E-state index in [1.165, 1.54) is 55.6 Å². The maximum absolute atomic E-state index is 11.9. The van der Waals surface area contributed by atoms with Crippen molar-refractivity contribution < 1.29 is 74.4 Å². The van der Waals surface area contributed by atoms with Crippen LogP contribution in [0.3, 0.4) is 0 Å². The largest absolute Gasteiger partial charge is 0.507 e. The number of aromatic amines is 7. The molecule has 1 fully saturated rings. The van der Waals surface area contributed by atoms with Gasteiger partial charge in [0.1, 0.15) is 39.5 Å². The van der Waals surface area contributed by atoms with E-state index in [4.69, 9.17) is 41.1 Å². The van der Waals surface area contributed by atoms with E-state index in [2.05, 4.69) is 75.4 Å². The number of aromatic carboxylic acids is 6. The number of hydrogen-bond acceptors (Lipinski definition) is 27. The Labute approximate surface area is 732 Å². The molecule has 40 heteroatoms. The molecule has 0 saturated carbocycles. The molecule has 0 radical (unpaired) electrons. The summed E-state index contributed by atoms with van der Waals surface area (Å²) in [4.78, 5) is 177. The van der Waals surface area contributed by atoms with E-state index < -0.39 is 91.8 Å². The van der Waals surface area contributed by atoms with E-state index in [1.807, 2.05) is 139 Å². The second-order valence-electron chi connectivity index (χ2n) is 29.0. The fraction of sp³-hybridized carbons (Fsp3) is 0.225. The summed E-state index contributed by atoms with van der Waals surface area (Å²) < 4.78 is 5.09. The molecule has 0 spiro atoms. The summed E-state index contributed by atoms with van der Waals surface area (Å²) in [5.41, 5.74) is 12.6. The average Bonchev–Trinajstić information content (AvgIpc) is 1.43. The first-order chi connectivity index (χ1) is 61.4. The number of aromatic hydroxyl groups is 2. The Morgan fingerprint density at radius 2 is 0.783 bits per heavy atom. The summed E-state index contributed by atoms with van der Waals surface area (Å²) in [6.45, 7) is 9.68. The summed E-state index contributed by atoms with van der Waals surface area (Å²) in [7, 11) is 12.7. The number of carboxylic acid groups (broad SMARTS) is 6. The van der Waals surface area contributed by atoms with Crippen molar-refractivity contribution in [1.29, 1.82) is 0 Å². The van der Waals surface area contributed by atoms with E-state index in [1.54, 1.807) is 62.5 Å². The Bertz CT molecular complexity index is 6480. The van der Waals surface area contributed by atoms with Crippen molar-refractivity contribution in [1.82, 2.24) is 70.5 Å². The number of pyridine rings is 6. The number of nitrogens with zero attached hydrogens (tertiary/aromatic N) is 11. The van der Waals surface area contributed by atoms with Crippen LogP contribution in [0.1, 0.15) is 131 Å². The third-order valence-electron chi connectivity index (χ3n) is 20.0. The molecular formula is C89H93N19O21. The lowest BCUT2D eigenvalue weighted by Gasteiger charge is -2.17. The lowest BCUT2D eigenvalue weighted by molar-refractivity contribution is 0.0680. The third-order valence-corrected chi connectivity index (χ3v) is 20.0. The molecule has 670 valence electrons. The zero-order valence-electron chi connectivity index (χ0n) is 71.7. The number of nitrogens with one attached hydrogen (secondary N) is 7. The molecule has 4 aromatic carbocycles. The number of rotatable bonds is 23. The van der Waals surface area contributed by atoms with Crippen molar-refractivity contribution in [2.24, 2.45) is 5.73 Å². The molecule has 14 rings (SSSR count).